The molecule has 2 aromatic heterocycles. The number of alkyl halides is 1. The van der Waals surface area contributed by atoms with Crippen molar-refractivity contribution >= 4 is 14.0 Å². The molecule has 0 saturated carbocycles. The number of primary amides is 1. The van der Waals surface area contributed by atoms with E-state index in [9.17, 15) is 9.18 Å². The van der Waals surface area contributed by atoms with Crippen molar-refractivity contribution in [2.75, 3.05) is 26.7 Å². The molecular formula is C22H34FN5O3Si. The first-order valence-electron chi connectivity index (χ1n) is 10.9. The topological polar surface area (TPSA) is 95.5 Å². The highest BCUT2D eigenvalue weighted by molar-refractivity contribution is 6.76. The smallest absolute Gasteiger partial charge is 0.254 e. The van der Waals surface area contributed by atoms with Gasteiger partial charge in [0, 0.05) is 45.7 Å². The molecule has 0 aliphatic carbocycles. The molecule has 2 atom stereocenters. The predicted molar refractivity (Wildman–Crippen MR) is 124 cm³/mol. The number of amides is 1. The Hall–Kier alpha value is -2.30. The van der Waals surface area contributed by atoms with Gasteiger partial charge < -0.3 is 24.7 Å². The molecule has 0 unspecified atom stereocenters. The number of carbonyl (C=O) groups is 1. The predicted octanol–water partition coefficient (Wildman–Crippen LogP) is 3.09. The van der Waals surface area contributed by atoms with E-state index in [-0.39, 0.29) is 18.0 Å². The van der Waals surface area contributed by atoms with Gasteiger partial charge in [-0.25, -0.2) is 14.4 Å². The van der Waals surface area contributed by atoms with Crippen LogP contribution in [-0.4, -0.2) is 72.4 Å². The van der Waals surface area contributed by atoms with Crippen molar-refractivity contribution in [2.45, 2.75) is 58.0 Å². The van der Waals surface area contributed by atoms with E-state index in [0.29, 0.717) is 37.6 Å². The van der Waals surface area contributed by atoms with Gasteiger partial charge in [-0.15, -0.1) is 0 Å². The number of ether oxygens (including phenoxy) is 2. The Balaban J connectivity index is 1.73. The summed E-state index contributed by atoms with van der Waals surface area (Å²) in [7, 11) is 0.721. The maximum Gasteiger partial charge on any atom is 0.254 e. The monoisotopic (exact) mass is 463 g/mol. The van der Waals surface area contributed by atoms with E-state index in [0.717, 1.165) is 11.9 Å². The molecule has 2 N–H and O–H groups in total. The molecule has 8 nitrogen and oxygen atoms in total. The molecule has 2 aromatic rings. The summed E-state index contributed by atoms with van der Waals surface area (Å²) in [5.41, 5.74) is 6.98. The molecular weight excluding hydrogens is 429 g/mol. The zero-order valence-electron chi connectivity index (χ0n) is 19.6. The highest BCUT2D eigenvalue weighted by Gasteiger charge is 2.30. The van der Waals surface area contributed by atoms with Crippen LogP contribution in [0, 0.1) is 6.92 Å². The van der Waals surface area contributed by atoms with Crippen LogP contribution in [0.5, 0.6) is 5.88 Å². The first-order chi connectivity index (χ1) is 15.0. The van der Waals surface area contributed by atoms with Crippen LogP contribution in [-0.2, 0) is 11.5 Å². The summed E-state index contributed by atoms with van der Waals surface area (Å²) in [6.45, 7) is 11.0. The zero-order chi connectivity index (χ0) is 23.5. The quantitative estimate of drug-likeness (QED) is 0.454. The zero-order valence-corrected chi connectivity index (χ0v) is 20.6. The van der Waals surface area contributed by atoms with Gasteiger partial charge in [0.2, 0.25) is 5.88 Å². The van der Waals surface area contributed by atoms with Crippen LogP contribution in [0.4, 0.5) is 4.39 Å². The fourth-order valence-corrected chi connectivity index (χ4v) is 4.25. The molecule has 1 amide bonds. The van der Waals surface area contributed by atoms with Crippen LogP contribution in [0.15, 0.2) is 18.5 Å². The third-order valence-corrected chi connectivity index (χ3v) is 7.27. The number of aromatic nitrogens is 3. The molecule has 0 bridgehead atoms. The number of rotatable bonds is 9. The molecule has 3 heterocycles. The van der Waals surface area contributed by atoms with Crippen molar-refractivity contribution in [3.05, 3.63) is 29.8 Å². The van der Waals surface area contributed by atoms with E-state index in [1.807, 2.05) is 29.6 Å². The van der Waals surface area contributed by atoms with Gasteiger partial charge in [-0.3, -0.25) is 4.79 Å². The Morgan fingerprint density at radius 1 is 1.38 bits per heavy atom. The molecule has 0 radical (unpaired) electrons. The summed E-state index contributed by atoms with van der Waals surface area (Å²) in [6, 6.07) is 2.70. The minimum absolute atomic E-state index is 0.0595. The number of nitrogens with zero attached hydrogens (tertiary/aromatic N) is 4. The third-order valence-electron chi connectivity index (χ3n) is 5.56. The summed E-state index contributed by atoms with van der Waals surface area (Å²) in [5.74, 6) is 0.174. The summed E-state index contributed by atoms with van der Waals surface area (Å²) in [4.78, 5) is 22.8. The number of aryl methyl sites for hydroxylation is 1. The van der Waals surface area contributed by atoms with E-state index >= 15 is 0 Å². The van der Waals surface area contributed by atoms with Gasteiger partial charge in [0.05, 0.1) is 5.69 Å². The number of carbonyl (C=O) groups excluding carboxylic acids is 1. The van der Waals surface area contributed by atoms with Crippen molar-refractivity contribution in [1.82, 2.24) is 19.4 Å². The van der Waals surface area contributed by atoms with Crippen molar-refractivity contribution in [3.63, 3.8) is 0 Å². The maximum atomic E-state index is 14.4. The molecule has 1 aliphatic rings. The van der Waals surface area contributed by atoms with E-state index in [2.05, 4.69) is 29.6 Å². The number of hydrogen-bond acceptors (Lipinski definition) is 6. The first kappa shape index (κ1) is 24.3. The lowest BCUT2D eigenvalue weighted by atomic mass is 10.1. The molecule has 1 fully saturated rings. The van der Waals surface area contributed by atoms with Crippen molar-refractivity contribution in [2.24, 2.45) is 5.73 Å². The van der Waals surface area contributed by atoms with Crippen LogP contribution in [0.2, 0.25) is 25.7 Å². The lowest BCUT2D eigenvalue weighted by Gasteiger charge is -2.32. The van der Waals surface area contributed by atoms with Crippen molar-refractivity contribution in [3.8, 4) is 17.1 Å². The second-order valence-electron chi connectivity index (χ2n) is 9.66. The molecule has 3 rings (SSSR count). The number of nitrogens with two attached hydrogens (primary N) is 1. The lowest BCUT2D eigenvalue weighted by molar-refractivity contribution is 0.0280. The van der Waals surface area contributed by atoms with Crippen LogP contribution in [0.25, 0.3) is 11.3 Å². The molecule has 176 valence electrons. The minimum atomic E-state index is -1.16. The standard InChI is InChI=1S/C22H34FN5O3Si/c1-15-26-19(13-28(15)14-30-8-9-32(3,4)5)16-10-17(21(24)29)22(25-11-16)31-20-6-7-27(2)12-18(20)23/h10-11,13,18,20H,6-9,12,14H2,1-5H3,(H2,24,29)/t18-,20+/m0/s1. The number of hydrogen-bond donors (Lipinski definition) is 1. The highest BCUT2D eigenvalue weighted by atomic mass is 28.3. The van der Waals surface area contributed by atoms with Gasteiger partial charge in [-0.2, -0.15) is 0 Å². The van der Waals surface area contributed by atoms with Crippen molar-refractivity contribution in [1.29, 1.82) is 0 Å². The summed E-state index contributed by atoms with van der Waals surface area (Å²) < 4.78 is 27.9. The second kappa shape index (κ2) is 10.1. The maximum absolute atomic E-state index is 14.4. The fourth-order valence-electron chi connectivity index (χ4n) is 3.49. The molecule has 10 heteroatoms. The number of piperidine rings is 1. The molecule has 1 saturated heterocycles. The van der Waals surface area contributed by atoms with Crippen LogP contribution in [0.3, 0.4) is 0 Å². The Labute approximate surface area is 189 Å². The van der Waals surface area contributed by atoms with Gasteiger partial charge in [0.15, 0.2) is 0 Å². The molecule has 1 aliphatic heterocycles. The Bertz CT molecular complexity index is 946. The normalized spacial score (nSPS) is 19.8. The van der Waals surface area contributed by atoms with Gasteiger partial charge in [0.25, 0.3) is 5.91 Å². The highest BCUT2D eigenvalue weighted by Crippen LogP contribution is 2.27. The van der Waals surface area contributed by atoms with Crippen molar-refractivity contribution < 1.29 is 18.7 Å². The minimum Gasteiger partial charge on any atom is -0.471 e. The van der Waals surface area contributed by atoms with Gasteiger partial charge in [-0.1, -0.05) is 19.6 Å². The third kappa shape index (κ3) is 6.36. The van der Waals surface area contributed by atoms with Gasteiger partial charge >= 0.3 is 0 Å². The number of likely N-dealkylation sites (tertiary alicyclic amines) is 1. The molecule has 0 aromatic carbocycles. The molecule has 0 spiro atoms. The Kier molecular flexibility index (Phi) is 7.68. The van der Waals surface area contributed by atoms with Crippen LogP contribution < -0.4 is 10.5 Å². The second-order valence-corrected chi connectivity index (χ2v) is 15.3. The average Bonchev–Trinajstić information content (AvgIpc) is 3.07. The lowest BCUT2D eigenvalue weighted by Crippen LogP contribution is -2.45. The average molecular weight is 464 g/mol. The largest absolute Gasteiger partial charge is 0.471 e. The van der Waals surface area contributed by atoms with E-state index < -0.39 is 26.3 Å². The van der Waals surface area contributed by atoms with Crippen LogP contribution >= 0.6 is 0 Å². The molecule has 32 heavy (non-hydrogen) atoms. The summed E-state index contributed by atoms with van der Waals surface area (Å²) in [6.07, 6.45) is 2.14. The fraction of sp³-hybridized carbons (Fsp3) is 0.591. The summed E-state index contributed by atoms with van der Waals surface area (Å²) in [5, 5.41) is 0. The Morgan fingerprint density at radius 3 is 2.78 bits per heavy atom. The number of imidazole rings is 1. The van der Waals surface area contributed by atoms with Crippen LogP contribution in [0.1, 0.15) is 22.6 Å². The van der Waals surface area contributed by atoms with E-state index in [1.54, 1.807) is 12.3 Å². The summed E-state index contributed by atoms with van der Waals surface area (Å²) >= 11 is 0. The Morgan fingerprint density at radius 2 is 2.12 bits per heavy atom. The van der Waals surface area contributed by atoms with Gasteiger partial charge in [0.1, 0.15) is 30.4 Å². The van der Waals surface area contributed by atoms with E-state index in [1.165, 1.54) is 0 Å². The number of pyridine rings is 1. The first-order valence-corrected chi connectivity index (χ1v) is 14.7. The van der Waals surface area contributed by atoms with E-state index in [4.69, 9.17) is 15.2 Å². The number of halogens is 1. The van der Waals surface area contributed by atoms with Gasteiger partial charge in [-0.05, 0) is 32.5 Å². The SMILES string of the molecule is Cc1nc(-c2cnc(O[C@@H]3CCN(C)C[C@@H]3F)c(C(N)=O)c2)cn1COCC[Si](C)(C)C.